The van der Waals surface area contributed by atoms with E-state index in [-0.39, 0.29) is 5.82 Å². The van der Waals surface area contributed by atoms with Crippen LogP contribution in [0.3, 0.4) is 0 Å². The lowest BCUT2D eigenvalue weighted by molar-refractivity contribution is 0.518. The van der Waals surface area contributed by atoms with Crippen molar-refractivity contribution < 1.29 is 4.39 Å². The van der Waals surface area contributed by atoms with E-state index >= 15 is 0 Å². The van der Waals surface area contributed by atoms with Gasteiger partial charge in [0.05, 0.1) is 0 Å². The van der Waals surface area contributed by atoms with Gasteiger partial charge in [0.1, 0.15) is 5.82 Å². The highest BCUT2D eigenvalue weighted by Gasteiger charge is 2.11. The normalized spacial score (nSPS) is 12.3. The van der Waals surface area contributed by atoms with Crippen LogP contribution in [-0.4, -0.2) is 17.6 Å². The SMILES string of the molecule is CCNC(Cc1cccnc1)Cc1cc(F)ccc1C. The molecule has 0 aliphatic carbocycles. The quantitative estimate of drug-likeness (QED) is 0.873. The van der Waals surface area contributed by atoms with Gasteiger partial charge in [0.25, 0.3) is 0 Å². The molecule has 0 aliphatic rings. The van der Waals surface area contributed by atoms with Crippen molar-refractivity contribution in [3.8, 4) is 0 Å². The molecule has 106 valence electrons. The number of nitrogens with one attached hydrogen (secondary N) is 1. The molecular formula is C17H21FN2. The topological polar surface area (TPSA) is 24.9 Å². The Kier molecular flexibility index (Phi) is 5.24. The molecule has 0 spiro atoms. The zero-order valence-corrected chi connectivity index (χ0v) is 12.1. The predicted octanol–water partition coefficient (Wildman–Crippen LogP) is 3.29. The van der Waals surface area contributed by atoms with E-state index in [1.54, 1.807) is 12.3 Å². The van der Waals surface area contributed by atoms with Gasteiger partial charge < -0.3 is 5.32 Å². The van der Waals surface area contributed by atoms with E-state index in [4.69, 9.17) is 0 Å². The molecule has 3 heteroatoms. The summed E-state index contributed by atoms with van der Waals surface area (Å²) in [4.78, 5) is 4.15. The maximum atomic E-state index is 13.4. The lowest BCUT2D eigenvalue weighted by Gasteiger charge is -2.19. The van der Waals surface area contributed by atoms with Gasteiger partial charge in [-0.15, -0.1) is 0 Å². The van der Waals surface area contributed by atoms with Gasteiger partial charge in [-0.1, -0.05) is 19.1 Å². The number of aromatic nitrogens is 1. The number of hydrogen-bond donors (Lipinski definition) is 1. The van der Waals surface area contributed by atoms with Crippen molar-refractivity contribution in [2.75, 3.05) is 6.54 Å². The van der Waals surface area contributed by atoms with Crippen molar-refractivity contribution in [2.45, 2.75) is 32.7 Å². The second-order valence-corrected chi connectivity index (χ2v) is 5.09. The first-order valence-electron chi connectivity index (χ1n) is 7.06. The number of rotatable bonds is 6. The van der Waals surface area contributed by atoms with E-state index in [1.807, 2.05) is 25.3 Å². The van der Waals surface area contributed by atoms with Crippen LogP contribution in [0.25, 0.3) is 0 Å². The third kappa shape index (κ3) is 4.14. The minimum absolute atomic E-state index is 0.165. The fraction of sp³-hybridized carbons (Fsp3) is 0.353. The first kappa shape index (κ1) is 14.7. The number of pyridine rings is 1. The largest absolute Gasteiger partial charge is 0.314 e. The van der Waals surface area contributed by atoms with Crippen molar-refractivity contribution in [3.05, 3.63) is 65.2 Å². The van der Waals surface area contributed by atoms with Crippen LogP contribution in [0.5, 0.6) is 0 Å². The zero-order chi connectivity index (χ0) is 14.4. The molecule has 0 radical (unpaired) electrons. The van der Waals surface area contributed by atoms with Gasteiger partial charge in [0.15, 0.2) is 0 Å². The molecule has 0 aliphatic heterocycles. The van der Waals surface area contributed by atoms with E-state index in [1.165, 1.54) is 11.6 Å². The van der Waals surface area contributed by atoms with Gasteiger partial charge in [0.2, 0.25) is 0 Å². The summed E-state index contributed by atoms with van der Waals surface area (Å²) >= 11 is 0. The van der Waals surface area contributed by atoms with Crippen molar-refractivity contribution in [3.63, 3.8) is 0 Å². The molecule has 1 aromatic heterocycles. The van der Waals surface area contributed by atoms with Gasteiger partial charge in [0, 0.05) is 18.4 Å². The Balaban J connectivity index is 2.11. The molecule has 0 amide bonds. The molecule has 0 saturated carbocycles. The Labute approximate surface area is 120 Å². The zero-order valence-electron chi connectivity index (χ0n) is 12.1. The fourth-order valence-electron chi connectivity index (χ4n) is 2.43. The Hall–Kier alpha value is -1.74. The van der Waals surface area contributed by atoms with E-state index in [2.05, 4.69) is 23.3 Å². The highest BCUT2D eigenvalue weighted by Crippen LogP contribution is 2.14. The Morgan fingerprint density at radius 1 is 1.25 bits per heavy atom. The Morgan fingerprint density at radius 2 is 2.10 bits per heavy atom. The third-order valence-corrected chi connectivity index (χ3v) is 3.48. The van der Waals surface area contributed by atoms with E-state index in [9.17, 15) is 4.39 Å². The van der Waals surface area contributed by atoms with Crippen LogP contribution < -0.4 is 5.32 Å². The lowest BCUT2D eigenvalue weighted by Crippen LogP contribution is -2.33. The van der Waals surface area contributed by atoms with Crippen LogP contribution in [0.1, 0.15) is 23.6 Å². The summed E-state index contributed by atoms with van der Waals surface area (Å²) in [5.41, 5.74) is 3.41. The average Bonchev–Trinajstić information content (AvgIpc) is 2.44. The summed E-state index contributed by atoms with van der Waals surface area (Å²) in [6.45, 7) is 5.02. The van der Waals surface area contributed by atoms with E-state index in [0.717, 1.165) is 30.5 Å². The van der Waals surface area contributed by atoms with Gasteiger partial charge in [-0.2, -0.15) is 0 Å². The van der Waals surface area contributed by atoms with Crippen LogP contribution in [0.15, 0.2) is 42.7 Å². The van der Waals surface area contributed by atoms with Crippen LogP contribution in [0.4, 0.5) is 4.39 Å². The standard InChI is InChI=1S/C17H21FN2/c1-3-20-17(9-14-5-4-8-19-12-14)11-15-10-16(18)7-6-13(15)2/h4-8,10,12,17,20H,3,9,11H2,1-2H3. The minimum atomic E-state index is -0.165. The number of hydrogen-bond acceptors (Lipinski definition) is 2. The molecular weight excluding hydrogens is 251 g/mol. The number of halogens is 1. The lowest BCUT2D eigenvalue weighted by atomic mass is 9.97. The smallest absolute Gasteiger partial charge is 0.123 e. The van der Waals surface area contributed by atoms with Crippen LogP contribution in [-0.2, 0) is 12.8 Å². The molecule has 1 heterocycles. The number of nitrogens with zero attached hydrogens (tertiary/aromatic N) is 1. The minimum Gasteiger partial charge on any atom is -0.314 e. The summed E-state index contributed by atoms with van der Waals surface area (Å²) in [6.07, 6.45) is 5.40. The first-order chi connectivity index (χ1) is 9.69. The van der Waals surface area contributed by atoms with Crippen molar-refractivity contribution in [1.29, 1.82) is 0 Å². The maximum absolute atomic E-state index is 13.4. The Bertz CT molecular complexity index is 540. The molecule has 1 N–H and O–H groups in total. The Morgan fingerprint density at radius 3 is 2.80 bits per heavy atom. The van der Waals surface area contributed by atoms with Crippen molar-refractivity contribution >= 4 is 0 Å². The second-order valence-electron chi connectivity index (χ2n) is 5.09. The highest BCUT2D eigenvalue weighted by atomic mass is 19.1. The van der Waals surface area contributed by atoms with Gasteiger partial charge >= 0.3 is 0 Å². The number of benzene rings is 1. The predicted molar refractivity (Wildman–Crippen MR) is 80.2 cm³/mol. The molecule has 2 rings (SSSR count). The van der Waals surface area contributed by atoms with Crippen molar-refractivity contribution in [2.24, 2.45) is 0 Å². The first-order valence-corrected chi connectivity index (χ1v) is 7.06. The molecule has 0 bridgehead atoms. The van der Waals surface area contributed by atoms with Gasteiger partial charge in [-0.3, -0.25) is 4.98 Å². The second kappa shape index (κ2) is 7.15. The summed E-state index contributed by atoms with van der Waals surface area (Å²) < 4.78 is 13.4. The molecule has 2 nitrogen and oxygen atoms in total. The molecule has 0 saturated heterocycles. The summed E-state index contributed by atoms with van der Waals surface area (Å²) in [6, 6.07) is 9.33. The molecule has 20 heavy (non-hydrogen) atoms. The van der Waals surface area contributed by atoms with Crippen molar-refractivity contribution in [1.82, 2.24) is 10.3 Å². The molecule has 1 aromatic carbocycles. The van der Waals surface area contributed by atoms with E-state index < -0.39 is 0 Å². The summed E-state index contributed by atoms with van der Waals surface area (Å²) in [5.74, 6) is -0.165. The number of aryl methyl sites for hydroxylation is 1. The molecule has 1 atom stereocenters. The third-order valence-electron chi connectivity index (χ3n) is 3.48. The van der Waals surface area contributed by atoms with E-state index in [0.29, 0.717) is 6.04 Å². The van der Waals surface area contributed by atoms with Crippen LogP contribution in [0.2, 0.25) is 0 Å². The monoisotopic (exact) mass is 272 g/mol. The van der Waals surface area contributed by atoms with Crippen LogP contribution in [0, 0.1) is 12.7 Å². The summed E-state index contributed by atoms with van der Waals surface area (Å²) in [5, 5.41) is 3.48. The summed E-state index contributed by atoms with van der Waals surface area (Å²) in [7, 11) is 0. The van der Waals surface area contributed by atoms with Gasteiger partial charge in [-0.25, -0.2) is 4.39 Å². The molecule has 1 unspecified atom stereocenters. The fourth-order valence-corrected chi connectivity index (χ4v) is 2.43. The molecule has 0 fully saturated rings. The highest BCUT2D eigenvalue weighted by molar-refractivity contribution is 5.28. The maximum Gasteiger partial charge on any atom is 0.123 e. The van der Waals surface area contributed by atoms with Gasteiger partial charge in [-0.05, 0) is 61.2 Å². The average molecular weight is 272 g/mol. The number of likely N-dealkylation sites (N-methyl/N-ethyl adjacent to an activating group) is 1. The van der Waals surface area contributed by atoms with Crippen LogP contribution >= 0.6 is 0 Å². The molecule has 2 aromatic rings.